The Hall–Kier alpha value is -1.29. The van der Waals surface area contributed by atoms with Gasteiger partial charge in [0.2, 0.25) is 5.91 Å². The van der Waals surface area contributed by atoms with Gasteiger partial charge in [0.1, 0.15) is 5.76 Å². The molecule has 1 saturated carbocycles. The molecule has 4 nitrogen and oxygen atoms in total. The number of piperidine rings is 1. The molecular formula is C16H23NO3. The van der Waals surface area contributed by atoms with Gasteiger partial charge in [-0.15, -0.1) is 0 Å². The lowest BCUT2D eigenvalue weighted by Gasteiger charge is -2.39. The van der Waals surface area contributed by atoms with Gasteiger partial charge in [-0.25, -0.2) is 0 Å². The summed E-state index contributed by atoms with van der Waals surface area (Å²) in [5.41, 5.74) is 0. The summed E-state index contributed by atoms with van der Waals surface area (Å²) in [5, 5.41) is 9.99. The van der Waals surface area contributed by atoms with Gasteiger partial charge in [-0.05, 0) is 50.2 Å². The average molecular weight is 277 g/mol. The summed E-state index contributed by atoms with van der Waals surface area (Å²) in [6.07, 6.45) is 5.71. The second kappa shape index (κ2) is 5.60. The molecule has 1 amide bonds. The summed E-state index contributed by atoms with van der Waals surface area (Å²) in [5.74, 6) is 1.38. The van der Waals surface area contributed by atoms with Crippen molar-refractivity contribution in [2.24, 2.45) is 11.8 Å². The molecule has 0 radical (unpaired) electrons. The average Bonchev–Trinajstić information content (AvgIpc) is 3.08. The van der Waals surface area contributed by atoms with Crippen molar-refractivity contribution in [1.29, 1.82) is 0 Å². The van der Waals surface area contributed by atoms with E-state index < -0.39 is 6.10 Å². The Labute approximate surface area is 119 Å². The van der Waals surface area contributed by atoms with Crippen molar-refractivity contribution >= 4 is 5.91 Å². The first-order valence-corrected chi connectivity index (χ1v) is 7.68. The van der Waals surface area contributed by atoms with E-state index in [2.05, 4.69) is 6.92 Å². The first-order chi connectivity index (χ1) is 9.66. The molecule has 4 heteroatoms. The SMILES string of the molecule is CC1CCN(C(=O)C2CCCC2O)C(c2ccco2)C1. The molecule has 4 unspecified atom stereocenters. The van der Waals surface area contributed by atoms with Gasteiger partial charge in [-0.1, -0.05) is 6.92 Å². The summed E-state index contributed by atoms with van der Waals surface area (Å²) in [6, 6.07) is 3.87. The molecule has 2 heterocycles. The summed E-state index contributed by atoms with van der Waals surface area (Å²) in [4.78, 5) is 14.7. The lowest BCUT2D eigenvalue weighted by atomic mass is 9.89. The van der Waals surface area contributed by atoms with E-state index >= 15 is 0 Å². The molecule has 0 aromatic carbocycles. The molecule has 20 heavy (non-hydrogen) atoms. The number of aliphatic hydroxyl groups is 1. The van der Waals surface area contributed by atoms with E-state index in [0.29, 0.717) is 5.92 Å². The molecule has 4 atom stereocenters. The zero-order valence-electron chi connectivity index (χ0n) is 12.0. The molecule has 1 N–H and O–H groups in total. The van der Waals surface area contributed by atoms with E-state index in [0.717, 1.165) is 44.4 Å². The molecule has 0 spiro atoms. The number of nitrogens with zero attached hydrogens (tertiary/aromatic N) is 1. The third kappa shape index (κ3) is 2.49. The standard InChI is InChI=1S/C16H23NO3/c1-11-7-8-17(13(10-11)15-6-3-9-20-15)16(19)12-4-2-5-14(12)18/h3,6,9,11-14,18H,2,4-5,7-8,10H2,1H3. The summed E-state index contributed by atoms with van der Waals surface area (Å²) < 4.78 is 5.53. The third-order valence-corrected chi connectivity index (χ3v) is 4.82. The minimum absolute atomic E-state index is 0.0362. The molecule has 3 rings (SSSR count). The fourth-order valence-corrected chi connectivity index (χ4v) is 3.60. The second-order valence-electron chi connectivity index (χ2n) is 6.30. The maximum atomic E-state index is 12.7. The smallest absolute Gasteiger partial charge is 0.228 e. The summed E-state index contributed by atoms with van der Waals surface area (Å²) in [7, 11) is 0. The number of aliphatic hydroxyl groups excluding tert-OH is 1. The number of furan rings is 1. The van der Waals surface area contributed by atoms with Gasteiger partial charge in [-0.2, -0.15) is 0 Å². The molecule has 1 saturated heterocycles. The van der Waals surface area contributed by atoms with Crippen molar-refractivity contribution in [3.05, 3.63) is 24.2 Å². The first-order valence-electron chi connectivity index (χ1n) is 7.68. The van der Waals surface area contributed by atoms with Crippen molar-refractivity contribution < 1.29 is 14.3 Å². The zero-order valence-corrected chi connectivity index (χ0v) is 12.0. The molecule has 1 aromatic heterocycles. The molecule has 2 fully saturated rings. The maximum Gasteiger partial charge on any atom is 0.228 e. The monoisotopic (exact) mass is 277 g/mol. The Morgan fingerprint density at radius 2 is 2.25 bits per heavy atom. The van der Waals surface area contributed by atoms with Crippen LogP contribution in [0.3, 0.4) is 0 Å². The highest BCUT2D eigenvalue weighted by Crippen LogP contribution is 2.37. The van der Waals surface area contributed by atoms with Crippen LogP contribution in [0, 0.1) is 11.8 Å². The van der Waals surface area contributed by atoms with E-state index in [1.807, 2.05) is 17.0 Å². The fourth-order valence-electron chi connectivity index (χ4n) is 3.60. The predicted octanol–water partition coefficient (Wildman–Crippen LogP) is 2.74. The normalized spacial score (nSPS) is 34.4. The number of hydrogen-bond donors (Lipinski definition) is 1. The quantitative estimate of drug-likeness (QED) is 0.904. The van der Waals surface area contributed by atoms with Crippen LogP contribution >= 0.6 is 0 Å². The van der Waals surface area contributed by atoms with Crippen LogP contribution < -0.4 is 0 Å². The Balaban J connectivity index is 1.80. The predicted molar refractivity (Wildman–Crippen MR) is 74.9 cm³/mol. The van der Waals surface area contributed by atoms with Gasteiger partial charge in [0.15, 0.2) is 0 Å². The Kier molecular flexibility index (Phi) is 3.83. The lowest BCUT2D eigenvalue weighted by molar-refractivity contribution is -0.143. The van der Waals surface area contributed by atoms with E-state index in [9.17, 15) is 9.90 Å². The van der Waals surface area contributed by atoms with Crippen LogP contribution in [-0.4, -0.2) is 28.6 Å². The number of carbonyl (C=O) groups is 1. The molecule has 1 aliphatic heterocycles. The van der Waals surface area contributed by atoms with Gasteiger partial charge in [0.05, 0.1) is 24.3 Å². The van der Waals surface area contributed by atoms with Crippen LogP contribution in [0.4, 0.5) is 0 Å². The Morgan fingerprint density at radius 3 is 2.90 bits per heavy atom. The highest BCUT2D eigenvalue weighted by atomic mass is 16.3. The number of carbonyl (C=O) groups excluding carboxylic acids is 1. The van der Waals surface area contributed by atoms with Crippen LogP contribution in [0.1, 0.15) is 50.8 Å². The van der Waals surface area contributed by atoms with Crippen LogP contribution in [0.2, 0.25) is 0 Å². The van der Waals surface area contributed by atoms with Gasteiger partial charge >= 0.3 is 0 Å². The van der Waals surface area contributed by atoms with Crippen molar-refractivity contribution in [2.45, 2.75) is 51.2 Å². The molecule has 2 aliphatic rings. The largest absolute Gasteiger partial charge is 0.467 e. The topological polar surface area (TPSA) is 53.7 Å². The molecule has 1 aromatic rings. The third-order valence-electron chi connectivity index (χ3n) is 4.82. The molecular weight excluding hydrogens is 254 g/mol. The highest BCUT2D eigenvalue weighted by Gasteiger charge is 2.39. The zero-order chi connectivity index (χ0) is 14.1. The summed E-state index contributed by atoms with van der Waals surface area (Å²) in [6.45, 7) is 3.00. The van der Waals surface area contributed by atoms with Crippen LogP contribution in [0.5, 0.6) is 0 Å². The highest BCUT2D eigenvalue weighted by molar-refractivity contribution is 5.80. The van der Waals surface area contributed by atoms with Crippen molar-refractivity contribution in [3.8, 4) is 0 Å². The van der Waals surface area contributed by atoms with Crippen LogP contribution in [-0.2, 0) is 4.79 Å². The second-order valence-corrected chi connectivity index (χ2v) is 6.30. The van der Waals surface area contributed by atoms with Gasteiger partial charge in [0, 0.05) is 6.54 Å². The summed E-state index contributed by atoms with van der Waals surface area (Å²) >= 11 is 0. The number of hydrogen-bond acceptors (Lipinski definition) is 3. The number of rotatable bonds is 2. The minimum Gasteiger partial charge on any atom is -0.467 e. The van der Waals surface area contributed by atoms with Gasteiger partial charge in [-0.3, -0.25) is 4.79 Å². The van der Waals surface area contributed by atoms with Crippen molar-refractivity contribution in [3.63, 3.8) is 0 Å². The van der Waals surface area contributed by atoms with E-state index in [4.69, 9.17) is 4.42 Å². The fraction of sp³-hybridized carbons (Fsp3) is 0.688. The molecule has 0 bridgehead atoms. The van der Waals surface area contributed by atoms with Crippen LogP contribution in [0.25, 0.3) is 0 Å². The number of likely N-dealkylation sites (tertiary alicyclic amines) is 1. The van der Waals surface area contributed by atoms with Gasteiger partial charge < -0.3 is 14.4 Å². The Bertz CT molecular complexity index is 456. The first kappa shape index (κ1) is 13.7. The van der Waals surface area contributed by atoms with Crippen molar-refractivity contribution in [1.82, 2.24) is 4.90 Å². The lowest BCUT2D eigenvalue weighted by Crippen LogP contribution is -2.45. The van der Waals surface area contributed by atoms with E-state index in [1.54, 1.807) is 6.26 Å². The molecule has 110 valence electrons. The van der Waals surface area contributed by atoms with Crippen molar-refractivity contribution in [2.75, 3.05) is 6.54 Å². The van der Waals surface area contributed by atoms with Gasteiger partial charge in [0.25, 0.3) is 0 Å². The maximum absolute atomic E-state index is 12.7. The van der Waals surface area contributed by atoms with Crippen LogP contribution in [0.15, 0.2) is 22.8 Å². The minimum atomic E-state index is -0.459. The number of amides is 1. The molecule has 1 aliphatic carbocycles. The van der Waals surface area contributed by atoms with E-state index in [1.165, 1.54) is 0 Å². The van der Waals surface area contributed by atoms with E-state index in [-0.39, 0.29) is 17.9 Å². The Morgan fingerprint density at radius 1 is 1.40 bits per heavy atom.